The Kier molecular flexibility index (Phi) is 2.20. The van der Waals surface area contributed by atoms with Crippen molar-refractivity contribution < 1.29 is 8.42 Å². The Labute approximate surface area is 99.9 Å². The molecule has 0 saturated carbocycles. The fraction of sp³-hybridized carbons (Fsp3) is 0.455. The van der Waals surface area contributed by atoms with Gasteiger partial charge in [0.2, 0.25) is 0 Å². The van der Waals surface area contributed by atoms with Crippen molar-refractivity contribution >= 4 is 27.1 Å². The topological polar surface area (TPSA) is 37.4 Å². The summed E-state index contributed by atoms with van der Waals surface area (Å²) >= 11 is 5.83. The molecule has 16 heavy (non-hydrogen) atoms. The third-order valence-corrected chi connectivity index (χ3v) is 5.93. The first-order valence-corrected chi connectivity index (χ1v) is 7.39. The van der Waals surface area contributed by atoms with Gasteiger partial charge in [0, 0.05) is 23.3 Å². The number of hydrogen-bond donors (Lipinski definition) is 0. The minimum atomic E-state index is -2.80. The standard InChI is InChI=1S/C11H12ClNO2S/c12-8-1-3-9(4-2-8)13-6-11-5-10(13)7-16(11,14)15/h1-4,10-11H,5-7H2. The van der Waals surface area contributed by atoms with E-state index in [0.717, 1.165) is 12.1 Å². The van der Waals surface area contributed by atoms with Gasteiger partial charge in [0.25, 0.3) is 0 Å². The van der Waals surface area contributed by atoms with Crippen LogP contribution >= 0.6 is 11.6 Å². The molecule has 2 unspecified atom stereocenters. The number of anilines is 1. The molecular weight excluding hydrogens is 246 g/mol. The molecule has 0 spiro atoms. The lowest BCUT2D eigenvalue weighted by Gasteiger charge is -2.28. The predicted octanol–water partition coefficient (Wildman–Crippen LogP) is 1.72. The average Bonchev–Trinajstić information content (AvgIpc) is 2.74. The molecule has 2 atom stereocenters. The maximum absolute atomic E-state index is 11.6. The van der Waals surface area contributed by atoms with E-state index in [1.807, 2.05) is 24.3 Å². The number of hydrogen-bond acceptors (Lipinski definition) is 3. The maximum atomic E-state index is 11.6. The predicted molar refractivity (Wildman–Crippen MR) is 64.8 cm³/mol. The van der Waals surface area contributed by atoms with Crippen molar-refractivity contribution in [2.24, 2.45) is 0 Å². The summed E-state index contributed by atoms with van der Waals surface area (Å²) in [7, 11) is -2.80. The van der Waals surface area contributed by atoms with E-state index in [2.05, 4.69) is 4.90 Å². The van der Waals surface area contributed by atoms with Crippen LogP contribution in [0.5, 0.6) is 0 Å². The van der Waals surface area contributed by atoms with Crippen molar-refractivity contribution in [2.75, 3.05) is 17.2 Å². The molecular formula is C11H12ClNO2S. The van der Waals surface area contributed by atoms with Crippen LogP contribution in [0.4, 0.5) is 5.69 Å². The first-order valence-electron chi connectivity index (χ1n) is 5.30. The first-order chi connectivity index (χ1) is 7.56. The van der Waals surface area contributed by atoms with E-state index in [-0.39, 0.29) is 11.3 Å². The van der Waals surface area contributed by atoms with Gasteiger partial charge in [0.1, 0.15) is 0 Å². The highest BCUT2D eigenvalue weighted by Gasteiger charge is 2.48. The van der Waals surface area contributed by atoms with Crippen LogP contribution in [0.3, 0.4) is 0 Å². The van der Waals surface area contributed by atoms with Gasteiger partial charge in [-0.05, 0) is 30.7 Å². The molecule has 0 N–H and O–H groups in total. The number of nitrogens with zero attached hydrogens (tertiary/aromatic N) is 1. The summed E-state index contributed by atoms with van der Waals surface area (Å²) in [5.74, 6) is 0.306. The van der Waals surface area contributed by atoms with Crippen molar-refractivity contribution in [1.29, 1.82) is 0 Å². The van der Waals surface area contributed by atoms with E-state index in [4.69, 9.17) is 11.6 Å². The van der Waals surface area contributed by atoms with E-state index in [9.17, 15) is 8.42 Å². The van der Waals surface area contributed by atoms with Gasteiger partial charge in [0.15, 0.2) is 9.84 Å². The Balaban J connectivity index is 1.88. The fourth-order valence-corrected chi connectivity index (χ4v) is 4.80. The number of benzene rings is 1. The molecule has 3 rings (SSSR count). The summed E-state index contributed by atoms with van der Waals surface area (Å²) in [5, 5.41) is 0.550. The van der Waals surface area contributed by atoms with Crippen LogP contribution in [0, 0.1) is 0 Å². The van der Waals surface area contributed by atoms with Crippen LogP contribution in [0.25, 0.3) is 0 Å². The molecule has 1 aromatic carbocycles. The second-order valence-electron chi connectivity index (χ2n) is 4.47. The molecule has 5 heteroatoms. The second kappa shape index (κ2) is 3.37. The maximum Gasteiger partial charge on any atom is 0.156 e. The lowest BCUT2D eigenvalue weighted by Crippen LogP contribution is -2.40. The zero-order valence-corrected chi connectivity index (χ0v) is 10.2. The van der Waals surface area contributed by atoms with Gasteiger partial charge in [-0.25, -0.2) is 8.42 Å². The lowest BCUT2D eigenvalue weighted by atomic mass is 10.2. The van der Waals surface area contributed by atoms with Crippen molar-refractivity contribution in [3.8, 4) is 0 Å². The molecule has 2 saturated heterocycles. The van der Waals surface area contributed by atoms with Crippen LogP contribution in [-0.2, 0) is 9.84 Å². The van der Waals surface area contributed by atoms with Gasteiger partial charge in [-0.15, -0.1) is 0 Å². The quantitative estimate of drug-likeness (QED) is 0.769. The van der Waals surface area contributed by atoms with Crippen molar-refractivity contribution in [3.05, 3.63) is 29.3 Å². The van der Waals surface area contributed by atoms with Crippen molar-refractivity contribution in [2.45, 2.75) is 17.7 Å². The lowest BCUT2D eigenvalue weighted by molar-refractivity contribution is 0.585. The zero-order valence-electron chi connectivity index (χ0n) is 8.64. The van der Waals surface area contributed by atoms with Crippen molar-refractivity contribution in [3.63, 3.8) is 0 Å². The SMILES string of the molecule is O=S1(=O)CC2CC1CN2c1ccc(Cl)cc1. The van der Waals surface area contributed by atoms with Gasteiger partial charge in [0.05, 0.1) is 11.0 Å². The monoisotopic (exact) mass is 257 g/mol. The molecule has 2 aliphatic heterocycles. The Morgan fingerprint density at radius 1 is 1.25 bits per heavy atom. The van der Waals surface area contributed by atoms with Crippen LogP contribution < -0.4 is 4.90 Å². The van der Waals surface area contributed by atoms with Gasteiger partial charge in [-0.2, -0.15) is 0 Å². The Hall–Kier alpha value is -0.740. The molecule has 86 valence electrons. The van der Waals surface area contributed by atoms with E-state index in [0.29, 0.717) is 17.3 Å². The summed E-state index contributed by atoms with van der Waals surface area (Å²) < 4.78 is 23.2. The Morgan fingerprint density at radius 3 is 2.44 bits per heavy atom. The van der Waals surface area contributed by atoms with Gasteiger partial charge >= 0.3 is 0 Å². The molecule has 0 aromatic heterocycles. The summed E-state index contributed by atoms with van der Waals surface area (Å²) in [5.41, 5.74) is 1.08. The molecule has 0 amide bonds. The van der Waals surface area contributed by atoms with E-state index >= 15 is 0 Å². The van der Waals surface area contributed by atoms with Crippen LogP contribution in [-0.4, -0.2) is 32.0 Å². The molecule has 0 radical (unpaired) electrons. The summed E-state index contributed by atoms with van der Waals surface area (Å²) in [6.07, 6.45) is 0.783. The number of sulfone groups is 1. The largest absolute Gasteiger partial charge is 0.366 e. The average molecular weight is 258 g/mol. The van der Waals surface area contributed by atoms with Gasteiger partial charge < -0.3 is 4.90 Å². The molecule has 2 aliphatic rings. The first kappa shape index (κ1) is 10.4. The molecule has 1 aromatic rings. The minimum Gasteiger partial charge on any atom is -0.366 e. The van der Waals surface area contributed by atoms with Gasteiger partial charge in [-0.1, -0.05) is 11.6 Å². The minimum absolute atomic E-state index is 0.159. The number of fused-ring (bicyclic) bond motifs is 2. The van der Waals surface area contributed by atoms with Crippen LogP contribution in [0.15, 0.2) is 24.3 Å². The summed E-state index contributed by atoms with van der Waals surface area (Å²) in [6.45, 7) is 0.634. The highest BCUT2D eigenvalue weighted by molar-refractivity contribution is 7.92. The molecule has 2 bridgehead atoms. The van der Waals surface area contributed by atoms with E-state index in [1.165, 1.54) is 0 Å². The fourth-order valence-electron chi connectivity index (χ4n) is 2.64. The number of halogens is 1. The second-order valence-corrected chi connectivity index (χ2v) is 7.23. The van der Waals surface area contributed by atoms with E-state index < -0.39 is 9.84 Å². The summed E-state index contributed by atoms with van der Waals surface area (Å²) in [6, 6.07) is 7.76. The van der Waals surface area contributed by atoms with E-state index in [1.54, 1.807) is 0 Å². The molecule has 2 fully saturated rings. The molecule has 0 aliphatic carbocycles. The molecule has 3 nitrogen and oxygen atoms in total. The highest BCUT2D eigenvalue weighted by Crippen LogP contribution is 2.36. The van der Waals surface area contributed by atoms with Crippen LogP contribution in [0.1, 0.15) is 6.42 Å². The summed E-state index contributed by atoms with van der Waals surface area (Å²) in [4.78, 5) is 2.18. The van der Waals surface area contributed by atoms with Crippen LogP contribution in [0.2, 0.25) is 5.02 Å². The smallest absolute Gasteiger partial charge is 0.156 e. The third kappa shape index (κ3) is 1.52. The normalized spacial score (nSPS) is 30.9. The highest BCUT2D eigenvalue weighted by atomic mass is 35.5. The third-order valence-electron chi connectivity index (χ3n) is 3.47. The zero-order chi connectivity index (χ0) is 11.3. The Morgan fingerprint density at radius 2 is 1.94 bits per heavy atom. The van der Waals surface area contributed by atoms with Gasteiger partial charge in [-0.3, -0.25) is 0 Å². The Bertz CT molecular complexity index is 511. The number of rotatable bonds is 1. The van der Waals surface area contributed by atoms with Crippen molar-refractivity contribution in [1.82, 2.24) is 0 Å². The molecule has 2 heterocycles.